The highest BCUT2D eigenvalue weighted by atomic mass is 16.6. The van der Waals surface area contributed by atoms with Gasteiger partial charge in [-0.1, -0.05) is 269 Å². The number of ether oxygens (including phenoxy) is 3. The van der Waals surface area contributed by atoms with Crippen molar-refractivity contribution in [1.29, 1.82) is 0 Å². The number of carbonyl (C=O) groups excluding carboxylic acids is 3. The minimum absolute atomic E-state index is 0.112. The summed E-state index contributed by atoms with van der Waals surface area (Å²) in [5, 5.41) is 0. The van der Waals surface area contributed by atoms with Crippen LogP contribution >= 0.6 is 0 Å². The molecule has 0 heterocycles. The monoisotopic (exact) mass is 1010 g/mol. The van der Waals surface area contributed by atoms with Crippen molar-refractivity contribution in [3.63, 3.8) is 0 Å². The smallest absolute Gasteiger partial charge is 0.309 e. The number of allylic oxidation sites excluding steroid dienone is 23. The number of rotatable bonds is 51. The Morgan fingerprint density at radius 3 is 0.945 bits per heavy atom. The molecule has 6 nitrogen and oxygen atoms in total. The predicted molar refractivity (Wildman–Crippen MR) is 315 cm³/mol. The minimum atomic E-state index is -0.846. The lowest BCUT2D eigenvalue weighted by atomic mass is 10.0. The molecule has 0 amide bonds. The SMILES string of the molecule is CC/C=C\C/C=C\C/C=C\C/C=C\C/C=C\C/C=C\C/C=C\CCCC(=O)OCC(COC(=O)C/C=C\C/C=C\C/C=C\C/C=C\C/C=C\CC)OC(=O)CCCCCCCCCCCCCCCCCCC. The van der Waals surface area contributed by atoms with Crippen LogP contribution in [-0.4, -0.2) is 37.2 Å². The van der Waals surface area contributed by atoms with E-state index in [4.69, 9.17) is 14.2 Å². The van der Waals surface area contributed by atoms with Gasteiger partial charge in [-0.25, -0.2) is 0 Å². The van der Waals surface area contributed by atoms with E-state index in [1.54, 1.807) is 6.08 Å². The Hall–Kier alpha value is -4.71. The van der Waals surface area contributed by atoms with Crippen LogP contribution in [0.2, 0.25) is 0 Å². The molecule has 0 bridgehead atoms. The zero-order valence-electron chi connectivity index (χ0n) is 46.8. The van der Waals surface area contributed by atoms with Crippen molar-refractivity contribution < 1.29 is 28.6 Å². The highest BCUT2D eigenvalue weighted by Crippen LogP contribution is 2.15. The maximum absolute atomic E-state index is 12.9. The van der Waals surface area contributed by atoms with E-state index < -0.39 is 12.1 Å². The van der Waals surface area contributed by atoms with Gasteiger partial charge in [-0.05, 0) is 96.3 Å². The first kappa shape index (κ1) is 68.3. The molecular weight excluding hydrogens is 901 g/mol. The molecule has 0 aromatic carbocycles. The Labute approximate surface area is 448 Å². The fourth-order valence-electron chi connectivity index (χ4n) is 7.56. The Kier molecular flexibility index (Phi) is 56.0. The molecule has 0 saturated carbocycles. The zero-order chi connectivity index (χ0) is 52.9. The summed E-state index contributed by atoms with van der Waals surface area (Å²) >= 11 is 0. The molecule has 0 N–H and O–H groups in total. The molecule has 0 rings (SSSR count). The summed E-state index contributed by atoms with van der Waals surface area (Å²) in [6.45, 7) is 6.27. The maximum atomic E-state index is 12.9. The lowest BCUT2D eigenvalue weighted by Gasteiger charge is -2.18. The van der Waals surface area contributed by atoms with E-state index in [9.17, 15) is 14.4 Å². The van der Waals surface area contributed by atoms with Crippen molar-refractivity contribution in [2.75, 3.05) is 13.2 Å². The van der Waals surface area contributed by atoms with Gasteiger partial charge in [-0.15, -0.1) is 0 Å². The summed E-state index contributed by atoms with van der Waals surface area (Å²) in [4.78, 5) is 38.1. The summed E-state index contributed by atoms with van der Waals surface area (Å²) < 4.78 is 16.7. The van der Waals surface area contributed by atoms with Gasteiger partial charge in [0.25, 0.3) is 0 Å². The van der Waals surface area contributed by atoms with Gasteiger partial charge in [0, 0.05) is 12.8 Å². The van der Waals surface area contributed by atoms with E-state index in [0.717, 1.165) is 103 Å². The normalized spacial score (nSPS) is 13.2. The molecule has 1 unspecified atom stereocenters. The van der Waals surface area contributed by atoms with Crippen LogP contribution in [0.1, 0.15) is 239 Å². The van der Waals surface area contributed by atoms with Crippen LogP contribution in [0.15, 0.2) is 146 Å². The zero-order valence-corrected chi connectivity index (χ0v) is 46.8. The number of hydrogen-bond donors (Lipinski definition) is 0. The molecule has 0 aliphatic rings. The summed E-state index contributed by atoms with van der Waals surface area (Å²) in [6.07, 6.45) is 85.9. The van der Waals surface area contributed by atoms with Crippen LogP contribution in [0.5, 0.6) is 0 Å². The Bertz CT molecular complexity index is 1630. The van der Waals surface area contributed by atoms with Gasteiger partial charge >= 0.3 is 17.9 Å². The highest BCUT2D eigenvalue weighted by molar-refractivity contribution is 5.72. The van der Waals surface area contributed by atoms with Crippen molar-refractivity contribution >= 4 is 17.9 Å². The van der Waals surface area contributed by atoms with E-state index in [1.165, 1.54) is 89.9 Å². The quantitative estimate of drug-likeness (QED) is 0.0261. The molecule has 0 radical (unpaired) electrons. The molecule has 1 atom stereocenters. The van der Waals surface area contributed by atoms with E-state index in [2.05, 4.69) is 154 Å². The lowest BCUT2D eigenvalue weighted by Crippen LogP contribution is -2.30. The van der Waals surface area contributed by atoms with Crippen LogP contribution in [0.25, 0.3) is 0 Å². The average molecular weight is 1010 g/mol. The number of carbonyl (C=O) groups is 3. The second-order valence-corrected chi connectivity index (χ2v) is 18.8. The van der Waals surface area contributed by atoms with Crippen molar-refractivity contribution in [3.8, 4) is 0 Å². The van der Waals surface area contributed by atoms with Gasteiger partial charge in [0.1, 0.15) is 13.2 Å². The Morgan fingerprint density at radius 2 is 0.589 bits per heavy atom. The van der Waals surface area contributed by atoms with Crippen molar-refractivity contribution in [1.82, 2.24) is 0 Å². The summed E-state index contributed by atoms with van der Waals surface area (Å²) in [5.74, 6) is -1.13. The Morgan fingerprint density at radius 1 is 0.301 bits per heavy atom. The van der Waals surface area contributed by atoms with Gasteiger partial charge in [-0.2, -0.15) is 0 Å². The van der Waals surface area contributed by atoms with Crippen LogP contribution in [0.4, 0.5) is 0 Å². The van der Waals surface area contributed by atoms with E-state index in [1.807, 2.05) is 6.08 Å². The Balaban J connectivity index is 4.58. The van der Waals surface area contributed by atoms with Crippen LogP contribution in [-0.2, 0) is 28.6 Å². The second-order valence-electron chi connectivity index (χ2n) is 18.8. The van der Waals surface area contributed by atoms with E-state index in [-0.39, 0.29) is 38.0 Å². The molecule has 410 valence electrons. The maximum Gasteiger partial charge on any atom is 0.309 e. The molecule has 0 spiro atoms. The molecule has 0 aromatic rings. The van der Waals surface area contributed by atoms with Crippen LogP contribution < -0.4 is 0 Å². The summed E-state index contributed by atoms with van der Waals surface area (Å²) in [6, 6.07) is 0. The van der Waals surface area contributed by atoms with Crippen molar-refractivity contribution in [2.45, 2.75) is 245 Å². The molecule has 0 aliphatic carbocycles. The molecular formula is C67H106O6. The number of hydrogen-bond acceptors (Lipinski definition) is 6. The third kappa shape index (κ3) is 58.1. The molecule has 0 aliphatic heterocycles. The third-order valence-electron chi connectivity index (χ3n) is 11.9. The number of esters is 3. The molecule has 73 heavy (non-hydrogen) atoms. The second kappa shape index (κ2) is 59.8. The van der Waals surface area contributed by atoms with Gasteiger partial charge in [-0.3, -0.25) is 14.4 Å². The van der Waals surface area contributed by atoms with Crippen LogP contribution in [0, 0.1) is 0 Å². The van der Waals surface area contributed by atoms with Gasteiger partial charge < -0.3 is 14.2 Å². The first-order valence-electron chi connectivity index (χ1n) is 29.3. The fourth-order valence-corrected chi connectivity index (χ4v) is 7.56. The molecule has 0 saturated heterocycles. The average Bonchev–Trinajstić information content (AvgIpc) is 3.39. The van der Waals surface area contributed by atoms with Gasteiger partial charge in [0.2, 0.25) is 0 Å². The van der Waals surface area contributed by atoms with Gasteiger partial charge in [0.15, 0.2) is 6.10 Å². The number of unbranched alkanes of at least 4 members (excludes halogenated alkanes) is 17. The lowest BCUT2D eigenvalue weighted by molar-refractivity contribution is -0.166. The van der Waals surface area contributed by atoms with Crippen molar-refractivity contribution in [3.05, 3.63) is 146 Å². The predicted octanol–water partition coefficient (Wildman–Crippen LogP) is 20.0. The standard InChI is InChI=1S/C67H106O6/c1-4-7-10-13-16-19-22-25-28-30-31-32-33-34-35-37-39-42-45-48-51-54-57-60-66(69)72-63-64(62-71-65(68)59-56-53-50-47-44-41-38-27-24-21-18-15-12-9-6-3)73-67(70)61-58-55-52-49-46-43-40-36-29-26-23-20-17-14-11-8-5-2/h7,9-10,12,16,18-19,21,25,27-28,31-32,34-35,38-39,42,44,47-48,51,53,56,64H,4-6,8,11,13-15,17,20,22-24,26,29-30,33,36-37,40-41,43,45-46,49-50,52,54-55,57-63H2,1-3H3/b10-7-,12-9-,19-16-,21-18-,28-25-,32-31-,35-34-,38-27-,42-39-,47-44-,51-48-,56-53-. The molecule has 0 aromatic heterocycles. The van der Waals surface area contributed by atoms with E-state index in [0.29, 0.717) is 12.8 Å². The van der Waals surface area contributed by atoms with Crippen molar-refractivity contribution in [2.24, 2.45) is 0 Å². The summed E-state index contributed by atoms with van der Waals surface area (Å²) in [7, 11) is 0. The largest absolute Gasteiger partial charge is 0.462 e. The highest BCUT2D eigenvalue weighted by Gasteiger charge is 2.19. The van der Waals surface area contributed by atoms with Gasteiger partial charge in [0.05, 0.1) is 6.42 Å². The van der Waals surface area contributed by atoms with E-state index >= 15 is 0 Å². The topological polar surface area (TPSA) is 78.9 Å². The third-order valence-corrected chi connectivity index (χ3v) is 11.9. The first-order chi connectivity index (χ1) is 36.0. The molecule has 0 fully saturated rings. The van der Waals surface area contributed by atoms with Crippen LogP contribution in [0.3, 0.4) is 0 Å². The molecule has 6 heteroatoms. The minimum Gasteiger partial charge on any atom is -0.462 e. The summed E-state index contributed by atoms with van der Waals surface area (Å²) in [5.41, 5.74) is 0. The fraction of sp³-hybridized carbons (Fsp3) is 0.597. The first-order valence-corrected chi connectivity index (χ1v) is 29.3.